The van der Waals surface area contributed by atoms with Crippen LogP contribution in [0.3, 0.4) is 0 Å². The summed E-state index contributed by atoms with van der Waals surface area (Å²) in [6.45, 7) is 6.73. The molecule has 19 heavy (non-hydrogen) atoms. The molecule has 3 heteroatoms. The maximum atomic E-state index is 5.39. The third kappa shape index (κ3) is 4.43. The summed E-state index contributed by atoms with van der Waals surface area (Å²) in [7, 11) is 1.73. The number of likely N-dealkylation sites (tertiary alicyclic amines) is 1. The van der Waals surface area contributed by atoms with Gasteiger partial charge in [-0.1, -0.05) is 18.9 Å². The third-order valence-electron chi connectivity index (χ3n) is 3.80. The summed E-state index contributed by atoms with van der Waals surface area (Å²) >= 11 is 0. The second-order valence-corrected chi connectivity index (χ2v) is 5.39. The summed E-state index contributed by atoms with van der Waals surface area (Å²) in [4.78, 5) is 2.57. The molecule has 1 aromatic rings. The van der Waals surface area contributed by atoms with Crippen LogP contribution in [-0.2, 0) is 0 Å². The molecule has 1 aliphatic heterocycles. The van der Waals surface area contributed by atoms with Crippen molar-refractivity contribution < 1.29 is 4.74 Å². The van der Waals surface area contributed by atoms with Crippen LogP contribution in [0.15, 0.2) is 18.2 Å². The Kier molecular flexibility index (Phi) is 5.52. The van der Waals surface area contributed by atoms with Crippen LogP contribution >= 0.6 is 0 Å². The zero-order valence-corrected chi connectivity index (χ0v) is 12.2. The number of hydrogen-bond acceptors (Lipinski definition) is 3. The van der Waals surface area contributed by atoms with Gasteiger partial charge in [0.05, 0.1) is 12.8 Å². The van der Waals surface area contributed by atoms with Crippen LogP contribution in [0, 0.1) is 6.92 Å². The van der Waals surface area contributed by atoms with Crippen molar-refractivity contribution in [3.8, 4) is 5.75 Å². The monoisotopic (exact) mass is 262 g/mol. The second-order valence-electron chi connectivity index (χ2n) is 5.39. The molecule has 0 aliphatic carbocycles. The lowest BCUT2D eigenvalue weighted by atomic mass is 10.2. The number of nitrogens with one attached hydrogen (secondary N) is 1. The average molecular weight is 262 g/mol. The van der Waals surface area contributed by atoms with Crippen molar-refractivity contribution in [1.82, 2.24) is 4.90 Å². The smallest absolute Gasteiger partial charge is 0.141 e. The average Bonchev–Trinajstić information content (AvgIpc) is 2.68. The topological polar surface area (TPSA) is 24.5 Å². The first-order valence-electron chi connectivity index (χ1n) is 7.40. The molecule has 0 aromatic heterocycles. The maximum Gasteiger partial charge on any atom is 0.141 e. The fourth-order valence-electron chi connectivity index (χ4n) is 2.67. The fraction of sp³-hybridized carbons (Fsp3) is 0.625. The van der Waals surface area contributed by atoms with Crippen molar-refractivity contribution in [2.24, 2.45) is 0 Å². The zero-order valence-electron chi connectivity index (χ0n) is 12.2. The highest BCUT2D eigenvalue weighted by atomic mass is 16.5. The molecule has 0 spiro atoms. The number of hydrogen-bond donors (Lipinski definition) is 1. The number of benzene rings is 1. The van der Waals surface area contributed by atoms with E-state index in [2.05, 4.69) is 29.3 Å². The Hall–Kier alpha value is -1.22. The van der Waals surface area contributed by atoms with E-state index >= 15 is 0 Å². The summed E-state index contributed by atoms with van der Waals surface area (Å²) in [5, 5.41) is 3.51. The van der Waals surface area contributed by atoms with Crippen LogP contribution < -0.4 is 10.1 Å². The second kappa shape index (κ2) is 7.39. The first kappa shape index (κ1) is 14.2. The lowest BCUT2D eigenvalue weighted by Crippen LogP contribution is -2.30. The molecule has 3 nitrogen and oxygen atoms in total. The summed E-state index contributed by atoms with van der Waals surface area (Å²) < 4.78 is 5.39. The van der Waals surface area contributed by atoms with Gasteiger partial charge >= 0.3 is 0 Å². The van der Waals surface area contributed by atoms with E-state index in [0.29, 0.717) is 0 Å². The number of nitrogens with zero attached hydrogens (tertiary/aromatic N) is 1. The Morgan fingerprint density at radius 2 is 1.89 bits per heavy atom. The SMILES string of the molecule is COc1ccc(C)cc1NCCN1CCCCCC1. The van der Waals surface area contributed by atoms with Crippen LogP contribution in [0.2, 0.25) is 0 Å². The summed E-state index contributed by atoms with van der Waals surface area (Å²) in [5.41, 5.74) is 2.37. The lowest BCUT2D eigenvalue weighted by molar-refractivity contribution is 0.296. The highest BCUT2D eigenvalue weighted by Gasteiger charge is 2.09. The Morgan fingerprint density at radius 3 is 2.58 bits per heavy atom. The van der Waals surface area contributed by atoms with Crippen LogP contribution in [-0.4, -0.2) is 38.2 Å². The maximum absolute atomic E-state index is 5.39. The van der Waals surface area contributed by atoms with Crippen molar-refractivity contribution in [3.05, 3.63) is 23.8 Å². The van der Waals surface area contributed by atoms with Crippen molar-refractivity contribution in [1.29, 1.82) is 0 Å². The predicted molar refractivity (Wildman–Crippen MR) is 81.1 cm³/mol. The molecule has 1 aromatic carbocycles. The fourth-order valence-corrected chi connectivity index (χ4v) is 2.67. The van der Waals surface area contributed by atoms with Gasteiger partial charge in [-0.2, -0.15) is 0 Å². The molecule has 0 saturated carbocycles. The van der Waals surface area contributed by atoms with E-state index in [-0.39, 0.29) is 0 Å². The molecule has 0 amide bonds. The van der Waals surface area contributed by atoms with E-state index < -0.39 is 0 Å². The molecule has 0 bridgehead atoms. The van der Waals surface area contributed by atoms with Gasteiger partial charge in [0.15, 0.2) is 0 Å². The molecule has 1 fully saturated rings. The van der Waals surface area contributed by atoms with Gasteiger partial charge in [0.25, 0.3) is 0 Å². The van der Waals surface area contributed by atoms with Gasteiger partial charge in [0.2, 0.25) is 0 Å². The normalized spacial score (nSPS) is 16.9. The van der Waals surface area contributed by atoms with Crippen molar-refractivity contribution >= 4 is 5.69 Å². The Labute approximate surface area is 116 Å². The van der Waals surface area contributed by atoms with Crippen molar-refractivity contribution in [2.75, 3.05) is 38.6 Å². The number of ether oxygens (including phenoxy) is 1. The van der Waals surface area contributed by atoms with Gasteiger partial charge in [0.1, 0.15) is 5.75 Å². The lowest BCUT2D eigenvalue weighted by Gasteiger charge is -2.20. The van der Waals surface area contributed by atoms with Gasteiger partial charge in [0, 0.05) is 13.1 Å². The van der Waals surface area contributed by atoms with Crippen LogP contribution in [0.25, 0.3) is 0 Å². The van der Waals surface area contributed by atoms with Crippen molar-refractivity contribution in [3.63, 3.8) is 0 Å². The van der Waals surface area contributed by atoms with Crippen molar-refractivity contribution in [2.45, 2.75) is 32.6 Å². The molecule has 0 unspecified atom stereocenters. The van der Waals surface area contributed by atoms with Crippen LogP contribution in [0.5, 0.6) is 5.75 Å². The molecule has 1 saturated heterocycles. The van der Waals surface area contributed by atoms with E-state index in [1.165, 1.54) is 44.3 Å². The zero-order chi connectivity index (χ0) is 13.5. The van der Waals surface area contributed by atoms with Gasteiger partial charge in [-0.3, -0.25) is 0 Å². The molecule has 1 N–H and O–H groups in total. The molecule has 2 rings (SSSR count). The minimum absolute atomic E-state index is 0.932. The van der Waals surface area contributed by atoms with Gasteiger partial charge in [-0.05, 0) is 50.6 Å². The minimum atomic E-state index is 0.932. The number of aryl methyl sites for hydroxylation is 1. The van der Waals surface area contributed by atoms with E-state index in [4.69, 9.17) is 4.74 Å². The first-order chi connectivity index (χ1) is 9.29. The summed E-state index contributed by atoms with van der Waals surface area (Å²) in [5.74, 6) is 0.932. The number of anilines is 1. The van der Waals surface area contributed by atoms with Crippen LogP contribution in [0.4, 0.5) is 5.69 Å². The van der Waals surface area contributed by atoms with Crippen LogP contribution in [0.1, 0.15) is 31.2 Å². The quantitative estimate of drug-likeness (QED) is 0.881. The van der Waals surface area contributed by atoms with E-state index in [1.807, 2.05) is 6.07 Å². The van der Waals surface area contributed by atoms with E-state index in [1.54, 1.807) is 7.11 Å². The molecule has 0 atom stereocenters. The first-order valence-corrected chi connectivity index (χ1v) is 7.40. The standard InChI is InChI=1S/C16H26N2O/c1-14-7-8-16(19-2)15(13-14)17-9-12-18-10-5-3-4-6-11-18/h7-8,13,17H,3-6,9-12H2,1-2H3. The largest absolute Gasteiger partial charge is 0.495 e. The molecule has 0 radical (unpaired) electrons. The van der Waals surface area contributed by atoms with Gasteiger partial charge in [-0.25, -0.2) is 0 Å². The molecule has 1 heterocycles. The molecule has 106 valence electrons. The number of rotatable bonds is 5. The highest BCUT2D eigenvalue weighted by Crippen LogP contribution is 2.24. The Bertz CT molecular complexity index is 384. The van der Waals surface area contributed by atoms with E-state index in [0.717, 1.165) is 24.5 Å². The van der Waals surface area contributed by atoms with Gasteiger partial charge in [-0.15, -0.1) is 0 Å². The Morgan fingerprint density at radius 1 is 1.16 bits per heavy atom. The Balaban J connectivity index is 1.82. The molecule has 1 aliphatic rings. The van der Waals surface area contributed by atoms with Gasteiger partial charge < -0.3 is 15.0 Å². The molecular weight excluding hydrogens is 236 g/mol. The number of methoxy groups -OCH3 is 1. The minimum Gasteiger partial charge on any atom is -0.495 e. The third-order valence-corrected chi connectivity index (χ3v) is 3.80. The van der Waals surface area contributed by atoms with E-state index in [9.17, 15) is 0 Å². The molecular formula is C16H26N2O. The predicted octanol–water partition coefficient (Wildman–Crippen LogP) is 3.29. The highest BCUT2D eigenvalue weighted by molar-refractivity contribution is 5.57. The summed E-state index contributed by atoms with van der Waals surface area (Å²) in [6, 6.07) is 6.27. The summed E-state index contributed by atoms with van der Waals surface area (Å²) in [6.07, 6.45) is 5.51.